The Balaban J connectivity index is 1.43. The third-order valence-electron chi connectivity index (χ3n) is 6.39. The van der Waals surface area contributed by atoms with Gasteiger partial charge in [0.2, 0.25) is 0 Å². The van der Waals surface area contributed by atoms with E-state index in [1.807, 2.05) is 6.20 Å². The van der Waals surface area contributed by atoms with Crippen LogP contribution in [-0.2, 0) is 6.54 Å². The van der Waals surface area contributed by atoms with Gasteiger partial charge in [-0.3, -0.25) is 4.90 Å². The molecule has 2 fully saturated rings. The van der Waals surface area contributed by atoms with Crippen LogP contribution in [-0.4, -0.2) is 45.5 Å². The lowest BCUT2D eigenvalue weighted by Gasteiger charge is -2.44. The number of H-pyrrole nitrogens is 1. The van der Waals surface area contributed by atoms with Gasteiger partial charge in [0, 0.05) is 31.9 Å². The second kappa shape index (κ2) is 6.09. The Labute approximate surface area is 154 Å². The first kappa shape index (κ1) is 15.8. The molecule has 5 heteroatoms. The number of nitrogens with zero attached hydrogens (tertiary/aromatic N) is 4. The minimum atomic E-state index is 0.376. The summed E-state index contributed by atoms with van der Waals surface area (Å²) >= 11 is 0. The van der Waals surface area contributed by atoms with Gasteiger partial charge in [0.1, 0.15) is 17.8 Å². The highest BCUT2D eigenvalue weighted by Gasteiger charge is 2.47. The summed E-state index contributed by atoms with van der Waals surface area (Å²) in [7, 11) is 0. The number of benzene rings is 1. The number of hydrogen-bond donors (Lipinski definition) is 1. The maximum Gasteiger partial charge on any atom is 0.142 e. The number of aromatic nitrogens is 3. The highest BCUT2D eigenvalue weighted by molar-refractivity contribution is 5.87. The number of aromatic amines is 1. The molecule has 4 heterocycles. The molecule has 0 amide bonds. The van der Waals surface area contributed by atoms with E-state index in [0.29, 0.717) is 11.5 Å². The summed E-state index contributed by atoms with van der Waals surface area (Å²) in [5.41, 5.74) is 2.71. The number of hydrogen-bond acceptors (Lipinski definition) is 4. The van der Waals surface area contributed by atoms with E-state index in [2.05, 4.69) is 68.1 Å². The molecule has 0 aliphatic carbocycles. The van der Waals surface area contributed by atoms with Crippen molar-refractivity contribution in [2.24, 2.45) is 5.41 Å². The maximum absolute atomic E-state index is 4.67. The Morgan fingerprint density at radius 1 is 1.12 bits per heavy atom. The van der Waals surface area contributed by atoms with Gasteiger partial charge in [0.25, 0.3) is 0 Å². The zero-order valence-corrected chi connectivity index (χ0v) is 15.2. The SMILES string of the molecule is C[C@@]12CCN(Cc3ccccc3)C[C@H]1N(c1ncnc3[nH]ccc13)CC2. The maximum atomic E-state index is 4.67. The zero-order valence-electron chi connectivity index (χ0n) is 15.2. The van der Waals surface area contributed by atoms with Crippen molar-refractivity contribution in [3.8, 4) is 0 Å². The summed E-state index contributed by atoms with van der Waals surface area (Å²) in [6.07, 6.45) is 6.14. The molecule has 0 unspecified atom stereocenters. The summed E-state index contributed by atoms with van der Waals surface area (Å²) in [4.78, 5) is 17.4. The smallest absolute Gasteiger partial charge is 0.142 e. The fourth-order valence-electron chi connectivity index (χ4n) is 4.76. The molecule has 0 radical (unpaired) electrons. The van der Waals surface area contributed by atoms with E-state index < -0.39 is 0 Å². The van der Waals surface area contributed by atoms with E-state index in [9.17, 15) is 0 Å². The molecule has 26 heavy (non-hydrogen) atoms. The number of anilines is 1. The highest BCUT2D eigenvalue weighted by atomic mass is 15.3. The average molecular weight is 347 g/mol. The first-order valence-corrected chi connectivity index (χ1v) is 9.54. The molecule has 2 atom stereocenters. The predicted molar refractivity (Wildman–Crippen MR) is 104 cm³/mol. The van der Waals surface area contributed by atoms with Gasteiger partial charge in [0.15, 0.2) is 0 Å². The molecule has 5 rings (SSSR count). The molecule has 1 aromatic carbocycles. The van der Waals surface area contributed by atoms with Crippen molar-refractivity contribution in [2.45, 2.75) is 32.4 Å². The van der Waals surface area contributed by atoms with Crippen molar-refractivity contribution < 1.29 is 0 Å². The minimum absolute atomic E-state index is 0.376. The molecule has 2 saturated heterocycles. The fourth-order valence-corrected chi connectivity index (χ4v) is 4.76. The molecule has 134 valence electrons. The standard InChI is InChI=1S/C21H25N5/c1-21-8-11-25(13-16-5-3-2-4-6-16)14-18(21)26(12-9-21)20-17-7-10-22-19(17)23-15-24-20/h2-7,10,15,18H,8-9,11-14H2,1H3,(H,22,23,24)/t18-,21+/m1/s1. The molecule has 0 bridgehead atoms. The normalized spacial score (nSPS) is 26.3. The molecule has 3 aromatic rings. The second-order valence-corrected chi connectivity index (χ2v) is 8.02. The molecular weight excluding hydrogens is 322 g/mol. The lowest BCUT2D eigenvalue weighted by Crippen LogP contribution is -2.52. The lowest BCUT2D eigenvalue weighted by molar-refractivity contribution is 0.106. The van der Waals surface area contributed by atoms with Crippen LogP contribution in [0.4, 0.5) is 5.82 Å². The van der Waals surface area contributed by atoms with Gasteiger partial charge in [-0.1, -0.05) is 37.3 Å². The van der Waals surface area contributed by atoms with Gasteiger partial charge >= 0.3 is 0 Å². The van der Waals surface area contributed by atoms with E-state index >= 15 is 0 Å². The third-order valence-corrected chi connectivity index (χ3v) is 6.39. The van der Waals surface area contributed by atoms with Crippen molar-refractivity contribution in [3.05, 3.63) is 54.5 Å². The van der Waals surface area contributed by atoms with Gasteiger partial charge in [-0.2, -0.15) is 0 Å². The monoisotopic (exact) mass is 347 g/mol. The minimum Gasteiger partial charge on any atom is -0.351 e. The van der Waals surface area contributed by atoms with E-state index in [1.54, 1.807) is 6.33 Å². The number of rotatable bonds is 3. The van der Waals surface area contributed by atoms with Crippen LogP contribution < -0.4 is 4.90 Å². The van der Waals surface area contributed by atoms with E-state index in [0.717, 1.165) is 36.5 Å². The Morgan fingerprint density at radius 2 is 1.96 bits per heavy atom. The van der Waals surface area contributed by atoms with Gasteiger partial charge < -0.3 is 9.88 Å². The lowest BCUT2D eigenvalue weighted by atomic mass is 9.76. The van der Waals surface area contributed by atoms with Crippen molar-refractivity contribution >= 4 is 16.9 Å². The van der Waals surface area contributed by atoms with Crippen LogP contribution in [0.1, 0.15) is 25.3 Å². The van der Waals surface area contributed by atoms with Crippen LogP contribution in [0.25, 0.3) is 11.0 Å². The van der Waals surface area contributed by atoms with Crippen LogP contribution in [0, 0.1) is 5.41 Å². The van der Waals surface area contributed by atoms with E-state index in [1.165, 1.54) is 24.9 Å². The molecule has 0 spiro atoms. The second-order valence-electron chi connectivity index (χ2n) is 8.02. The quantitative estimate of drug-likeness (QED) is 0.788. The topological polar surface area (TPSA) is 48.1 Å². The van der Waals surface area contributed by atoms with Crippen LogP contribution >= 0.6 is 0 Å². The summed E-state index contributed by atoms with van der Waals surface area (Å²) < 4.78 is 0. The first-order valence-electron chi connectivity index (χ1n) is 9.54. The Hall–Kier alpha value is -2.40. The average Bonchev–Trinajstić information content (AvgIpc) is 3.27. The Morgan fingerprint density at radius 3 is 2.85 bits per heavy atom. The van der Waals surface area contributed by atoms with Gasteiger partial charge in [-0.05, 0) is 36.4 Å². The number of fused-ring (bicyclic) bond motifs is 2. The number of nitrogens with one attached hydrogen (secondary N) is 1. The summed E-state index contributed by atoms with van der Waals surface area (Å²) in [6.45, 7) is 6.86. The largest absolute Gasteiger partial charge is 0.351 e. The molecule has 5 nitrogen and oxygen atoms in total. The zero-order chi connectivity index (χ0) is 17.6. The van der Waals surface area contributed by atoms with Gasteiger partial charge in [-0.15, -0.1) is 0 Å². The molecular formula is C21H25N5. The Bertz CT molecular complexity index is 905. The molecule has 0 saturated carbocycles. The molecule has 2 aliphatic heterocycles. The molecule has 2 aromatic heterocycles. The van der Waals surface area contributed by atoms with Gasteiger partial charge in [-0.25, -0.2) is 9.97 Å². The van der Waals surface area contributed by atoms with Crippen LogP contribution in [0.5, 0.6) is 0 Å². The summed E-state index contributed by atoms with van der Waals surface area (Å²) in [5.74, 6) is 1.09. The molecule has 1 N–H and O–H groups in total. The first-order chi connectivity index (χ1) is 12.7. The highest BCUT2D eigenvalue weighted by Crippen LogP contribution is 2.45. The summed E-state index contributed by atoms with van der Waals surface area (Å²) in [6, 6.07) is 13.4. The van der Waals surface area contributed by atoms with Crippen LogP contribution in [0.15, 0.2) is 48.9 Å². The molecule has 2 aliphatic rings. The van der Waals surface area contributed by atoms with E-state index in [4.69, 9.17) is 0 Å². The number of piperidine rings is 1. The van der Waals surface area contributed by atoms with E-state index in [-0.39, 0.29) is 0 Å². The predicted octanol–water partition coefficient (Wildman–Crippen LogP) is 3.45. The van der Waals surface area contributed by atoms with Crippen LogP contribution in [0.2, 0.25) is 0 Å². The Kier molecular flexibility index (Phi) is 3.71. The summed E-state index contributed by atoms with van der Waals surface area (Å²) in [5, 5.41) is 1.14. The van der Waals surface area contributed by atoms with Crippen molar-refractivity contribution in [1.29, 1.82) is 0 Å². The number of likely N-dealkylation sites (tertiary alicyclic amines) is 1. The van der Waals surface area contributed by atoms with Crippen molar-refractivity contribution in [2.75, 3.05) is 24.5 Å². The third kappa shape index (κ3) is 2.58. The van der Waals surface area contributed by atoms with Gasteiger partial charge in [0.05, 0.1) is 5.39 Å². The fraction of sp³-hybridized carbons (Fsp3) is 0.429. The van der Waals surface area contributed by atoms with Crippen LogP contribution in [0.3, 0.4) is 0 Å². The van der Waals surface area contributed by atoms with Crippen molar-refractivity contribution in [1.82, 2.24) is 19.9 Å². The van der Waals surface area contributed by atoms with Crippen molar-refractivity contribution in [3.63, 3.8) is 0 Å².